The number of benzene rings is 1. The van der Waals surface area contributed by atoms with E-state index in [0.717, 1.165) is 0 Å². The summed E-state index contributed by atoms with van der Waals surface area (Å²) < 4.78 is 44.0. The van der Waals surface area contributed by atoms with Gasteiger partial charge in [-0.25, -0.2) is 4.98 Å². The summed E-state index contributed by atoms with van der Waals surface area (Å²) in [7, 11) is 2.76. The molecule has 0 fully saturated rings. The molecule has 21 heavy (non-hydrogen) atoms. The normalized spacial score (nSPS) is 11.3. The first kappa shape index (κ1) is 15.4. The van der Waals surface area contributed by atoms with Crippen LogP contribution in [0, 0.1) is 0 Å². The minimum atomic E-state index is -4.57. The summed E-state index contributed by atoms with van der Waals surface area (Å²) in [6.45, 7) is 0. The number of nitrogens with zero attached hydrogens (tertiary/aromatic N) is 3. The number of rotatable bonds is 3. The van der Waals surface area contributed by atoms with Gasteiger partial charge in [-0.2, -0.15) is 18.2 Å². The van der Waals surface area contributed by atoms with Gasteiger partial charge >= 0.3 is 12.2 Å². The van der Waals surface area contributed by atoms with Gasteiger partial charge in [0.05, 0.1) is 7.11 Å². The lowest BCUT2D eigenvalue weighted by atomic mass is 10.2. The molecule has 0 saturated heterocycles. The zero-order chi connectivity index (χ0) is 15.6. The van der Waals surface area contributed by atoms with Crippen molar-refractivity contribution < 1.29 is 17.9 Å². The number of hydrogen-bond donors (Lipinski definition) is 0. The van der Waals surface area contributed by atoms with Crippen LogP contribution in [0.25, 0.3) is 0 Å². The predicted molar refractivity (Wildman–Crippen MR) is 73.1 cm³/mol. The molecule has 8 heteroatoms. The van der Waals surface area contributed by atoms with E-state index in [0.29, 0.717) is 16.9 Å². The Hall–Kier alpha value is -2.02. The van der Waals surface area contributed by atoms with E-state index in [-0.39, 0.29) is 11.8 Å². The molecule has 1 aromatic carbocycles. The van der Waals surface area contributed by atoms with Crippen LogP contribution in [0.5, 0.6) is 6.01 Å². The molecule has 1 heterocycles. The highest BCUT2D eigenvalue weighted by Gasteiger charge is 2.36. The number of aromatic nitrogens is 2. The third kappa shape index (κ3) is 3.36. The molecular formula is C13H11ClF3N3O. The van der Waals surface area contributed by atoms with Gasteiger partial charge in [-0.05, 0) is 24.3 Å². The molecule has 0 radical (unpaired) electrons. The number of anilines is 2. The molecule has 0 bridgehead atoms. The number of methoxy groups -OCH3 is 1. The maximum absolute atomic E-state index is 13.1. The van der Waals surface area contributed by atoms with Crippen LogP contribution in [0.3, 0.4) is 0 Å². The van der Waals surface area contributed by atoms with Gasteiger partial charge < -0.3 is 9.64 Å². The molecule has 0 unspecified atom stereocenters. The van der Waals surface area contributed by atoms with Gasteiger partial charge in [0, 0.05) is 24.0 Å². The van der Waals surface area contributed by atoms with E-state index in [1.165, 1.54) is 19.1 Å². The van der Waals surface area contributed by atoms with Crippen LogP contribution in [0.1, 0.15) is 5.56 Å². The van der Waals surface area contributed by atoms with E-state index in [2.05, 4.69) is 9.97 Å². The van der Waals surface area contributed by atoms with Crippen molar-refractivity contribution in [1.29, 1.82) is 0 Å². The zero-order valence-electron chi connectivity index (χ0n) is 11.1. The highest BCUT2D eigenvalue weighted by Crippen LogP contribution is 2.37. The Morgan fingerprint density at radius 1 is 1.19 bits per heavy atom. The molecule has 4 nitrogen and oxygen atoms in total. The van der Waals surface area contributed by atoms with E-state index < -0.39 is 11.7 Å². The summed E-state index contributed by atoms with van der Waals surface area (Å²) in [6.07, 6.45) is -3.87. The monoisotopic (exact) mass is 317 g/mol. The third-order valence-corrected chi connectivity index (χ3v) is 3.02. The molecule has 1 aromatic heterocycles. The molecule has 112 valence electrons. The Bertz CT molecular complexity index is 632. The molecule has 0 aliphatic rings. The van der Waals surface area contributed by atoms with Crippen LogP contribution in [0.15, 0.2) is 30.5 Å². The first-order valence-corrected chi connectivity index (χ1v) is 6.18. The van der Waals surface area contributed by atoms with Gasteiger partial charge in [-0.3, -0.25) is 0 Å². The van der Waals surface area contributed by atoms with Crippen molar-refractivity contribution in [2.24, 2.45) is 0 Å². The Morgan fingerprint density at radius 3 is 2.33 bits per heavy atom. The Morgan fingerprint density at radius 2 is 1.81 bits per heavy atom. The Balaban J connectivity index is 2.52. The van der Waals surface area contributed by atoms with Crippen molar-refractivity contribution in [2.45, 2.75) is 6.18 Å². The quantitative estimate of drug-likeness (QED) is 0.860. The second kappa shape index (κ2) is 5.77. The highest BCUT2D eigenvalue weighted by atomic mass is 35.5. The van der Waals surface area contributed by atoms with Crippen molar-refractivity contribution in [3.8, 4) is 6.01 Å². The lowest BCUT2D eigenvalue weighted by Crippen LogP contribution is -2.19. The minimum Gasteiger partial charge on any atom is -0.467 e. The average molecular weight is 318 g/mol. The molecule has 2 aromatic rings. The summed E-state index contributed by atoms with van der Waals surface area (Å²) in [4.78, 5) is 8.60. The average Bonchev–Trinajstić information content (AvgIpc) is 2.45. The Kier molecular flexibility index (Phi) is 4.22. The third-order valence-electron chi connectivity index (χ3n) is 2.77. The van der Waals surface area contributed by atoms with Crippen LogP contribution in [-0.2, 0) is 6.18 Å². The molecule has 0 spiro atoms. The largest absolute Gasteiger partial charge is 0.467 e. The van der Waals surface area contributed by atoms with Crippen LogP contribution < -0.4 is 9.64 Å². The molecule has 0 amide bonds. The molecule has 0 saturated carbocycles. The topological polar surface area (TPSA) is 38.2 Å². The SMILES string of the molecule is COc1ncc(C(F)(F)F)c(N(C)c2ccc(Cl)cc2)n1. The van der Waals surface area contributed by atoms with Crippen LogP contribution in [0.2, 0.25) is 5.02 Å². The highest BCUT2D eigenvalue weighted by molar-refractivity contribution is 6.30. The fourth-order valence-corrected chi connectivity index (χ4v) is 1.82. The maximum Gasteiger partial charge on any atom is 0.421 e. The molecule has 0 aliphatic carbocycles. The summed E-state index contributed by atoms with van der Waals surface area (Å²) in [5.41, 5.74) is -0.439. The van der Waals surface area contributed by atoms with Crippen molar-refractivity contribution in [1.82, 2.24) is 9.97 Å². The van der Waals surface area contributed by atoms with Crippen molar-refractivity contribution >= 4 is 23.1 Å². The van der Waals surface area contributed by atoms with Crippen molar-refractivity contribution in [3.05, 3.63) is 41.0 Å². The lowest BCUT2D eigenvalue weighted by Gasteiger charge is -2.22. The van der Waals surface area contributed by atoms with Gasteiger partial charge in [-0.1, -0.05) is 11.6 Å². The molecule has 0 aliphatic heterocycles. The van der Waals surface area contributed by atoms with Gasteiger partial charge in [0.1, 0.15) is 5.56 Å². The minimum absolute atomic E-state index is 0.140. The van der Waals surface area contributed by atoms with Gasteiger partial charge in [0.2, 0.25) is 0 Å². The van der Waals surface area contributed by atoms with E-state index in [9.17, 15) is 13.2 Å². The Labute approximate surface area is 124 Å². The maximum atomic E-state index is 13.1. The van der Waals surface area contributed by atoms with Gasteiger partial charge in [0.15, 0.2) is 5.82 Å². The standard InChI is InChI=1S/C13H11ClF3N3O/c1-20(9-5-3-8(14)4-6-9)11-10(13(15,16)17)7-18-12(19-11)21-2/h3-7H,1-2H3. The predicted octanol–water partition coefficient (Wildman–Crippen LogP) is 3.93. The molecular weight excluding hydrogens is 307 g/mol. The number of alkyl halides is 3. The van der Waals surface area contributed by atoms with E-state index >= 15 is 0 Å². The van der Waals surface area contributed by atoms with E-state index in [1.54, 1.807) is 24.3 Å². The molecule has 0 atom stereocenters. The fourth-order valence-electron chi connectivity index (χ4n) is 1.70. The summed E-state index contributed by atoms with van der Waals surface area (Å²) in [5, 5.41) is 0.489. The molecule has 0 N–H and O–H groups in total. The van der Waals surface area contributed by atoms with Crippen molar-refractivity contribution in [3.63, 3.8) is 0 Å². The zero-order valence-corrected chi connectivity index (χ0v) is 11.9. The van der Waals surface area contributed by atoms with Crippen LogP contribution in [0.4, 0.5) is 24.7 Å². The summed E-state index contributed by atoms with van der Waals surface area (Å²) in [6, 6.07) is 6.21. The lowest BCUT2D eigenvalue weighted by molar-refractivity contribution is -0.137. The fraction of sp³-hybridized carbons (Fsp3) is 0.231. The first-order valence-electron chi connectivity index (χ1n) is 5.80. The molecule has 2 rings (SSSR count). The van der Waals surface area contributed by atoms with Crippen LogP contribution in [-0.4, -0.2) is 24.1 Å². The first-order chi connectivity index (χ1) is 9.82. The summed E-state index contributed by atoms with van der Waals surface area (Å²) >= 11 is 5.77. The van der Waals surface area contributed by atoms with Gasteiger partial charge in [0.25, 0.3) is 0 Å². The van der Waals surface area contributed by atoms with E-state index in [1.807, 2.05) is 0 Å². The summed E-state index contributed by atoms with van der Waals surface area (Å²) in [5.74, 6) is -0.295. The second-order valence-corrected chi connectivity index (χ2v) is 4.56. The number of halogens is 4. The van der Waals surface area contributed by atoms with Gasteiger partial charge in [-0.15, -0.1) is 0 Å². The smallest absolute Gasteiger partial charge is 0.421 e. The van der Waals surface area contributed by atoms with Crippen molar-refractivity contribution in [2.75, 3.05) is 19.1 Å². The number of hydrogen-bond acceptors (Lipinski definition) is 4. The second-order valence-electron chi connectivity index (χ2n) is 4.13. The number of ether oxygens (including phenoxy) is 1. The van der Waals surface area contributed by atoms with Crippen LogP contribution >= 0.6 is 11.6 Å². The van der Waals surface area contributed by atoms with E-state index in [4.69, 9.17) is 16.3 Å².